The molecule has 0 saturated carbocycles. The molecule has 0 aromatic rings. The van der Waals surface area contributed by atoms with Gasteiger partial charge in [-0.05, 0) is 53.0 Å². The van der Waals surface area contributed by atoms with Crippen LogP contribution in [0.3, 0.4) is 0 Å². The van der Waals surface area contributed by atoms with Crippen LogP contribution in [0.5, 0.6) is 0 Å². The van der Waals surface area contributed by atoms with Crippen molar-refractivity contribution in [2.45, 2.75) is 78.9 Å². The Balaban J connectivity index is 4.38. The van der Waals surface area contributed by atoms with Crippen LogP contribution < -0.4 is 10.6 Å². The van der Waals surface area contributed by atoms with Crippen LogP contribution >= 0.6 is 0 Å². The molecule has 0 rings (SSSR count). The molecule has 0 aliphatic carbocycles. The first kappa shape index (κ1) is 19.2. The molecule has 0 bridgehead atoms. The van der Waals surface area contributed by atoms with E-state index in [0.717, 1.165) is 19.4 Å². The highest BCUT2D eigenvalue weighted by Crippen LogP contribution is 2.16. The van der Waals surface area contributed by atoms with E-state index in [-0.39, 0.29) is 11.6 Å². The maximum atomic E-state index is 11.8. The zero-order valence-electron chi connectivity index (χ0n) is 14.4. The minimum atomic E-state index is -0.450. The van der Waals surface area contributed by atoms with E-state index in [9.17, 15) is 4.79 Å². The highest BCUT2D eigenvalue weighted by molar-refractivity contribution is 5.67. The van der Waals surface area contributed by atoms with E-state index in [1.807, 2.05) is 20.8 Å². The van der Waals surface area contributed by atoms with E-state index in [4.69, 9.17) is 4.74 Å². The zero-order chi connectivity index (χ0) is 15.8. The van der Waals surface area contributed by atoms with Gasteiger partial charge in [-0.1, -0.05) is 27.2 Å². The van der Waals surface area contributed by atoms with Crippen molar-refractivity contribution in [1.29, 1.82) is 0 Å². The number of carbonyl (C=O) groups excluding carboxylic acids is 1. The van der Waals surface area contributed by atoms with E-state index >= 15 is 0 Å². The Kier molecular flexibility index (Phi) is 8.17. The molecular weight excluding hydrogens is 252 g/mol. The van der Waals surface area contributed by atoms with Gasteiger partial charge in [0.1, 0.15) is 5.60 Å². The molecular formula is C16H34N2O2. The van der Waals surface area contributed by atoms with Crippen LogP contribution in [0.2, 0.25) is 0 Å². The van der Waals surface area contributed by atoms with Gasteiger partial charge in [0.15, 0.2) is 0 Å². The Morgan fingerprint density at radius 3 is 2.25 bits per heavy atom. The molecule has 0 fully saturated rings. The molecule has 0 saturated heterocycles. The third-order valence-electron chi connectivity index (χ3n) is 2.96. The van der Waals surface area contributed by atoms with Crippen LogP contribution in [-0.2, 0) is 4.74 Å². The van der Waals surface area contributed by atoms with Gasteiger partial charge in [-0.15, -0.1) is 0 Å². The molecule has 0 aliphatic heterocycles. The lowest BCUT2D eigenvalue weighted by Gasteiger charge is -2.33. The average molecular weight is 286 g/mol. The van der Waals surface area contributed by atoms with Gasteiger partial charge in [0, 0.05) is 12.1 Å². The van der Waals surface area contributed by atoms with Crippen LogP contribution in [0.1, 0.15) is 67.7 Å². The van der Waals surface area contributed by atoms with Gasteiger partial charge in [0.25, 0.3) is 0 Å². The Morgan fingerprint density at radius 1 is 1.20 bits per heavy atom. The quantitative estimate of drug-likeness (QED) is 0.669. The topological polar surface area (TPSA) is 50.4 Å². The predicted molar refractivity (Wildman–Crippen MR) is 85.0 cm³/mol. The maximum absolute atomic E-state index is 11.8. The van der Waals surface area contributed by atoms with Crippen LogP contribution in [0, 0.1) is 5.92 Å². The summed E-state index contributed by atoms with van der Waals surface area (Å²) in [5.74, 6) is 0.578. The summed E-state index contributed by atoms with van der Waals surface area (Å²) in [5.41, 5.74) is -0.533. The molecule has 2 N–H and O–H groups in total. The summed E-state index contributed by atoms with van der Waals surface area (Å²) < 4.78 is 5.29. The summed E-state index contributed by atoms with van der Waals surface area (Å²) in [4.78, 5) is 11.8. The van der Waals surface area contributed by atoms with Crippen molar-refractivity contribution in [2.75, 3.05) is 13.1 Å². The zero-order valence-corrected chi connectivity index (χ0v) is 14.4. The van der Waals surface area contributed by atoms with E-state index in [2.05, 4.69) is 38.3 Å². The minimum absolute atomic E-state index is 0.0831. The summed E-state index contributed by atoms with van der Waals surface area (Å²) in [5, 5.41) is 6.46. The molecule has 0 radical (unpaired) electrons. The Bertz CT molecular complexity index is 285. The lowest BCUT2D eigenvalue weighted by molar-refractivity contribution is 0.0507. The lowest BCUT2D eigenvalue weighted by Crippen LogP contribution is -2.53. The second-order valence-corrected chi connectivity index (χ2v) is 7.29. The fourth-order valence-electron chi connectivity index (χ4n) is 2.26. The summed E-state index contributed by atoms with van der Waals surface area (Å²) in [7, 11) is 0. The van der Waals surface area contributed by atoms with E-state index in [1.54, 1.807) is 0 Å². The van der Waals surface area contributed by atoms with Crippen molar-refractivity contribution < 1.29 is 9.53 Å². The van der Waals surface area contributed by atoms with Gasteiger partial charge in [-0.25, -0.2) is 4.79 Å². The van der Waals surface area contributed by atoms with Crippen LogP contribution in [-0.4, -0.2) is 30.3 Å². The third kappa shape index (κ3) is 10.1. The number of alkyl carbamates (subject to hydrolysis) is 1. The standard InChI is InChI=1S/C16H34N2O2/c1-8-9-10-18-16(7,11-13(2)3)12-17-14(19)20-15(4,5)6/h13,18H,8-12H2,1-7H3,(H,17,19). The molecule has 0 aromatic heterocycles. The lowest BCUT2D eigenvalue weighted by atomic mass is 9.90. The molecule has 120 valence electrons. The van der Waals surface area contributed by atoms with Gasteiger partial charge in [0.2, 0.25) is 0 Å². The molecule has 1 atom stereocenters. The Hall–Kier alpha value is -0.770. The van der Waals surface area contributed by atoms with Crippen LogP contribution in [0.15, 0.2) is 0 Å². The van der Waals surface area contributed by atoms with Crippen molar-refractivity contribution >= 4 is 6.09 Å². The second-order valence-electron chi connectivity index (χ2n) is 7.29. The number of hydrogen-bond acceptors (Lipinski definition) is 3. The van der Waals surface area contributed by atoms with Gasteiger partial charge >= 0.3 is 6.09 Å². The Labute approximate surface area is 125 Å². The number of unbranched alkanes of at least 4 members (excludes halogenated alkanes) is 1. The first-order valence-electron chi connectivity index (χ1n) is 7.80. The molecule has 0 aromatic carbocycles. The van der Waals surface area contributed by atoms with Gasteiger partial charge < -0.3 is 15.4 Å². The van der Waals surface area contributed by atoms with Crippen molar-refractivity contribution in [2.24, 2.45) is 5.92 Å². The second kappa shape index (κ2) is 8.50. The summed E-state index contributed by atoms with van der Waals surface area (Å²) in [6, 6.07) is 0. The smallest absolute Gasteiger partial charge is 0.407 e. The molecule has 4 nitrogen and oxygen atoms in total. The number of ether oxygens (including phenoxy) is 1. The number of hydrogen-bond donors (Lipinski definition) is 2. The van der Waals surface area contributed by atoms with Crippen molar-refractivity contribution in [3.63, 3.8) is 0 Å². The van der Waals surface area contributed by atoms with Gasteiger partial charge in [-0.3, -0.25) is 0 Å². The predicted octanol–water partition coefficient (Wildman–Crippen LogP) is 3.71. The molecule has 1 unspecified atom stereocenters. The van der Waals surface area contributed by atoms with Crippen molar-refractivity contribution in [3.05, 3.63) is 0 Å². The summed E-state index contributed by atoms with van der Waals surface area (Å²) >= 11 is 0. The van der Waals surface area contributed by atoms with E-state index in [0.29, 0.717) is 12.5 Å². The Morgan fingerprint density at radius 2 is 1.80 bits per heavy atom. The fraction of sp³-hybridized carbons (Fsp3) is 0.938. The monoisotopic (exact) mass is 286 g/mol. The fourth-order valence-corrected chi connectivity index (χ4v) is 2.26. The molecule has 20 heavy (non-hydrogen) atoms. The van der Waals surface area contributed by atoms with E-state index in [1.165, 1.54) is 6.42 Å². The van der Waals surface area contributed by atoms with Crippen LogP contribution in [0.4, 0.5) is 4.79 Å². The first-order chi connectivity index (χ1) is 9.08. The highest BCUT2D eigenvalue weighted by Gasteiger charge is 2.26. The maximum Gasteiger partial charge on any atom is 0.407 e. The molecule has 0 aliphatic rings. The summed E-state index contributed by atoms with van der Waals surface area (Å²) in [6.45, 7) is 15.9. The normalized spacial score (nSPS) is 15.0. The van der Waals surface area contributed by atoms with Gasteiger partial charge in [0.05, 0.1) is 0 Å². The summed E-state index contributed by atoms with van der Waals surface area (Å²) in [6.07, 6.45) is 3.00. The molecule has 1 amide bonds. The van der Waals surface area contributed by atoms with Crippen molar-refractivity contribution in [3.8, 4) is 0 Å². The number of carbonyl (C=O) groups is 1. The first-order valence-corrected chi connectivity index (χ1v) is 7.80. The minimum Gasteiger partial charge on any atom is -0.444 e. The number of amides is 1. The van der Waals surface area contributed by atoms with E-state index < -0.39 is 5.60 Å². The molecule has 0 spiro atoms. The average Bonchev–Trinajstić information content (AvgIpc) is 2.23. The highest BCUT2D eigenvalue weighted by atomic mass is 16.6. The number of rotatable bonds is 8. The third-order valence-corrected chi connectivity index (χ3v) is 2.96. The largest absolute Gasteiger partial charge is 0.444 e. The number of nitrogens with one attached hydrogen (secondary N) is 2. The van der Waals surface area contributed by atoms with Gasteiger partial charge in [-0.2, -0.15) is 0 Å². The van der Waals surface area contributed by atoms with Crippen molar-refractivity contribution in [1.82, 2.24) is 10.6 Å². The molecule has 4 heteroatoms. The molecule has 0 heterocycles. The SMILES string of the molecule is CCCCNC(C)(CNC(=O)OC(C)(C)C)CC(C)C. The van der Waals surface area contributed by atoms with Crippen LogP contribution in [0.25, 0.3) is 0 Å².